The monoisotopic (exact) mass is 434 g/mol. The van der Waals surface area contributed by atoms with Gasteiger partial charge in [-0.3, -0.25) is 9.59 Å². The van der Waals surface area contributed by atoms with Crippen LogP contribution in [-0.4, -0.2) is 23.5 Å². The molecular weight excluding hydrogens is 412 g/mol. The summed E-state index contributed by atoms with van der Waals surface area (Å²) in [7, 11) is 0. The smallest absolute Gasteiger partial charge is 0.340 e. The number of esters is 1. The molecule has 1 unspecified atom stereocenters. The zero-order valence-corrected chi connectivity index (χ0v) is 17.7. The number of ether oxygens (including phenoxy) is 1. The van der Waals surface area contributed by atoms with Crippen molar-refractivity contribution in [2.24, 2.45) is 5.73 Å². The van der Waals surface area contributed by atoms with Crippen molar-refractivity contribution < 1.29 is 19.1 Å². The highest BCUT2D eigenvalue weighted by Crippen LogP contribution is 2.26. The van der Waals surface area contributed by atoms with Gasteiger partial charge in [-0.2, -0.15) is 0 Å². The van der Waals surface area contributed by atoms with Crippen LogP contribution >= 0.6 is 11.8 Å². The standard InChI is InChI=1S/C24H22N2O4S/c1-16-11-13-18(14-12-16)26-21(27)15-31-20-10-6-5-9-19(20)24(29)30-22(23(25)28)17-7-3-2-4-8-17/h2-14,22H,15H2,1H3,(H2,25,28)(H,26,27). The molecule has 0 aliphatic carbocycles. The molecule has 0 heterocycles. The fourth-order valence-electron chi connectivity index (χ4n) is 2.83. The van der Waals surface area contributed by atoms with E-state index in [1.54, 1.807) is 54.6 Å². The maximum absolute atomic E-state index is 12.8. The number of anilines is 1. The van der Waals surface area contributed by atoms with Gasteiger partial charge in [0.1, 0.15) is 0 Å². The second kappa shape index (κ2) is 10.4. The van der Waals surface area contributed by atoms with Crippen molar-refractivity contribution in [3.8, 4) is 0 Å². The van der Waals surface area contributed by atoms with Gasteiger partial charge < -0.3 is 15.8 Å². The molecule has 7 heteroatoms. The van der Waals surface area contributed by atoms with Crippen molar-refractivity contribution in [2.45, 2.75) is 17.9 Å². The number of carbonyl (C=O) groups is 3. The fraction of sp³-hybridized carbons (Fsp3) is 0.125. The number of amides is 2. The topological polar surface area (TPSA) is 98.5 Å². The molecule has 0 spiro atoms. The SMILES string of the molecule is Cc1ccc(NC(=O)CSc2ccccc2C(=O)OC(C(N)=O)c2ccccc2)cc1. The third-order valence-corrected chi connectivity index (χ3v) is 5.46. The molecular formula is C24H22N2O4S. The third kappa shape index (κ3) is 6.20. The minimum absolute atomic E-state index is 0.107. The highest BCUT2D eigenvalue weighted by Gasteiger charge is 2.24. The molecule has 31 heavy (non-hydrogen) atoms. The van der Waals surface area contributed by atoms with Gasteiger partial charge in [-0.05, 0) is 31.2 Å². The number of rotatable bonds is 8. The quantitative estimate of drug-likeness (QED) is 0.411. The molecule has 0 aliphatic rings. The highest BCUT2D eigenvalue weighted by molar-refractivity contribution is 8.00. The number of hydrogen-bond acceptors (Lipinski definition) is 5. The van der Waals surface area contributed by atoms with Crippen molar-refractivity contribution in [3.63, 3.8) is 0 Å². The molecule has 3 rings (SSSR count). The first kappa shape index (κ1) is 22.1. The summed E-state index contributed by atoms with van der Waals surface area (Å²) >= 11 is 1.21. The Balaban J connectivity index is 1.67. The van der Waals surface area contributed by atoms with Crippen molar-refractivity contribution in [1.29, 1.82) is 0 Å². The van der Waals surface area contributed by atoms with Crippen molar-refractivity contribution in [3.05, 3.63) is 95.6 Å². The molecule has 0 bridgehead atoms. The van der Waals surface area contributed by atoms with Gasteiger partial charge in [-0.1, -0.05) is 60.2 Å². The van der Waals surface area contributed by atoms with E-state index in [9.17, 15) is 14.4 Å². The summed E-state index contributed by atoms with van der Waals surface area (Å²) in [5, 5.41) is 2.82. The Morgan fingerprint density at radius 2 is 1.58 bits per heavy atom. The number of carbonyl (C=O) groups excluding carboxylic acids is 3. The largest absolute Gasteiger partial charge is 0.444 e. The highest BCUT2D eigenvalue weighted by atomic mass is 32.2. The summed E-state index contributed by atoms with van der Waals surface area (Å²) in [4.78, 5) is 37.5. The molecule has 3 N–H and O–H groups in total. The average molecular weight is 435 g/mol. The summed E-state index contributed by atoms with van der Waals surface area (Å²) < 4.78 is 5.41. The Morgan fingerprint density at radius 1 is 0.935 bits per heavy atom. The normalized spacial score (nSPS) is 11.4. The lowest BCUT2D eigenvalue weighted by Gasteiger charge is -2.16. The van der Waals surface area contributed by atoms with E-state index in [0.717, 1.165) is 5.56 Å². The first-order chi connectivity index (χ1) is 14.9. The van der Waals surface area contributed by atoms with E-state index in [1.165, 1.54) is 11.8 Å². The molecule has 0 saturated carbocycles. The van der Waals surface area contributed by atoms with Crippen LogP contribution in [0.1, 0.15) is 27.6 Å². The molecule has 1 atom stereocenters. The number of hydrogen-bond donors (Lipinski definition) is 2. The van der Waals surface area contributed by atoms with Crippen LogP contribution < -0.4 is 11.1 Å². The Labute approximate surface area is 184 Å². The van der Waals surface area contributed by atoms with E-state index in [2.05, 4.69) is 5.32 Å². The fourth-order valence-corrected chi connectivity index (χ4v) is 3.67. The van der Waals surface area contributed by atoms with Crippen LogP contribution in [0.3, 0.4) is 0 Å². The van der Waals surface area contributed by atoms with Crippen LogP contribution in [-0.2, 0) is 14.3 Å². The number of thioether (sulfide) groups is 1. The van der Waals surface area contributed by atoms with Gasteiger partial charge in [0.25, 0.3) is 5.91 Å². The summed E-state index contributed by atoms with van der Waals surface area (Å²) in [6.45, 7) is 1.97. The number of aryl methyl sites for hydroxylation is 1. The minimum Gasteiger partial charge on any atom is -0.444 e. The van der Waals surface area contributed by atoms with Gasteiger partial charge in [0.15, 0.2) is 0 Å². The van der Waals surface area contributed by atoms with E-state index in [-0.39, 0.29) is 17.2 Å². The summed E-state index contributed by atoms with van der Waals surface area (Å²) in [5.74, 6) is -1.54. The van der Waals surface area contributed by atoms with Gasteiger partial charge in [0, 0.05) is 16.1 Å². The predicted molar refractivity (Wildman–Crippen MR) is 121 cm³/mol. The number of primary amides is 1. The van der Waals surface area contributed by atoms with Crippen LogP contribution in [0.4, 0.5) is 5.69 Å². The molecule has 0 radical (unpaired) electrons. The molecule has 3 aromatic rings. The number of nitrogens with two attached hydrogens (primary N) is 1. The molecule has 2 amide bonds. The van der Waals surface area contributed by atoms with Crippen molar-refractivity contribution in [1.82, 2.24) is 0 Å². The van der Waals surface area contributed by atoms with E-state index >= 15 is 0 Å². The maximum Gasteiger partial charge on any atom is 0.340 e. The molecule has 0 fully saturated rings. The lowest BCUT2D eigenvalue weighted by atomic mass is 10.1. The van der Waals surface area contributed by atoms with E-state index in [0.29, 0.717) is 16.1 Å². The Morgan fingerprint density at radius 3 is 2.26 bits per heavy atom. The summed E-state index contributed by atoms with van der Waals surface area (Å²) in [6.07, 6.45) is -1.20. The van der Waals surface area contributed by atoms with Crippen LogP contribution in [0.5, 0.6) is 0 Å². The van der Waals surface area contributed by atoms with Crippen molar-refractivity contribution >= 4 is 35.2 Å². The minimum atomic E-state index is -1.20. The van der Waals surface area contributed by atoms with Gasteiger partial charge in [-0.15, -0.1) is 11.8 Å². The lowest BCUT2D eigenvalue weighted by Crippen LogP contribution is -2.26. The molecule has 0 saturated heterocycles. The lowest BCUT2D eigenvalue weighted by molar-refractivity contribution is -0.127. The molecule has 3 aromatic carbocycles. The van der Waals surface area contributed by atoms with Crippen LogP contribution in [0.15, 0.2) is 83.8 Å². The zero-order chi connectivity index (χ0) is 22.2. The van der Waals surface area contributed by atoms with Crippen LogP contribution in [0.25, 0.3) is 0 Å². The third-order valence-electron chi connectivity index (χ3n) is 4.39. The van der Waals surface area contributed by atoms with Crippen LogP contribution in [0.2, 0.25) is 0 Å². The second-order valence-electron chi connectivity index (χ2n) is 6.80. The molecule has 158 valence electrons. The number of nitrogens with one attached hydrogen (secondary N) is 1. The Kier molecular flexibility index (Phi) is 7.45. The Hall–Kier alpha value is -3.58. The molecule has 0 aromatic heterocycles. The maximum atomic E-state index is 12.8. The van der Waals surface area contributed by atoms with E-state index < -0.39 is 18.0 Å². The predicted octanol–water partition coefficient (Wildman–Crippen LogP) is 4.11. The van der Waals surface area contributed by atoms with Crippen molar-refractivity contribution in [2.75, 3.05) is 11.1 Å². The first-order valence-corrected chi connectivity index (χ1v) is 10.6. The van der Waals surface area contributed by atoms with E-state index in [4.69, 9.17) is 10.5 Å². The second-order valence-corrected chi connectivity index (χ2v) is 7.81. The average Bonchev–Trinajstić information content (AvgIpc) is 2.78. The first-order valence-electron chi connectivity index (χ1n) is 9.57. The Bertz CT molecular complexity index is 1070. The van der Waals surface area contributed by atoms with Crippen LogP contribution in [0, 0.1) is 6.92 Å². The molecule has 6 nitrogen and oxygen atoms in total. The molecule has 0 aliphatic heterocycles. The van der Waals surface area contributed by atoms with E-state index in [1.807, 2.05) is 31.2 Å². The number of benzene rings is 3. The van der Waals surface area contributed by atoms with Gasteiger partial charge in [-0.25, -0.2) is 4.79 Å². The summed E-state index contributed by atoms with van der Waals surface area (Å²) in [5.41, 5.74) is 8.00. The van der Waals surface area contributed by atoms with Gasteiger partial charge >= 0.3 is 5.97 Å². The van der Waals surface area contributed by atoms with Gasteiger partial charge in [0.05, 0.1) is 11.3 Å². The zero-order valence-electron chi connectivity index (χ0n) is 16.9. The summed E-state index contributed by atoms with van der Waals surface area (Å²) in [6, 6.07) is 22.8. The van der Waals surface area contributed by atoms with Gasteiger partial charge in [0.2, 0.25) is 12.0 Å².